The number of pyridine rings is 1. The lowest BCUT2D eigenvalue weighted by Gasteiger charge is -2.11. The third-order valence-electron chi connectivity index (χ3n) is 2.32. The second-order valence-electron chi connectivity index (χ2n) is 3.15. The number of rotatable bonds is 1. The maximum atomic E-state index is 5.82. The molecular weight excluding hydrogens is 150 g/mol. The van der Waals surface area contributed by atoms with Crippen molar-refractivity contribution in [3.05, 3.63) is 24.0 Å². The normalized spacial score (nSPS) is 22.8. The quantitative estimate of drug-likeness (QED) is 0.651. The first-order chi connectivity index (χ1) is 5.88. The highest BCUT2D eigenvalue weighted by Crippen LogP contribution is 2.26. The number of nitrogens with two attached hydrogens (primary N) is 1. The highest BCUT2D eigenvalue weighted by Gasteiger charge is 2.17. The SMILES string of the molecule is Nc1ccncc1[C@H]1CCCN1. The van der Waals surface area contributed by atoms with Crippen molar-refractivity contribution < 1.29 is 0 Å². The maximum Gasteiger partial charge on any atom is 0.0393 e. The maximum absolute atomic E-state index is 5.82. The number of aromatic nitrogens is 1. The van der Waals surface area contributed by atoms with Crippen molar-refractivity contribution in [2.45, 2.75) is 18.9 Å². The summed E-state index contributed by atoms with van der Waals surface area (Å²) in [6, 6.07) is 2.29. The molecule has 0 unspecified atom stereocenters. The van der Waals surface area contributed by atoms with Crippen molar-refractivity contribution in [3.63, 3.8) is 0 Å². The smallest absolute Gasteiger partial charge is 0.0393 e. The van der Waals surface area contributed by atoms with Crippen molar-refractivity contribution in [2.75, 3.05) is 12.3 Å². The lowest BCUT2D eigenvalue weighted by atomic mass is 10.1. The molecule has 1 saturated heterocycles. The highest BCUT2D eigenvalue weighted by atomic mass is 14.9. The van der Waals surface area contributed by atoms with Gasteiger partial charge < -0.3 is 11.1 Å². The molecule has 3 nitrogen and oxygen atoms in total. The van der Waals surface area contributed by atoms with Crippen LogP contribution >= 0.6 is 0 Å². The molecule has 1 aliphatic rings. The molecule has 0 aliphatic carbocycles. The number of nitrogens with one attached hydrogen (secondary N) is 1. The van der Waals surface area contributed by atoms with E-state index in [0.29, 0.717) is 6.04 Å². The van der Waals surface area contributed by atoms with E-state index in [1.54, 1.807) is 6.20 Å². The molecule has 0 radical (unpaired) electrons. The van der Waals surface area contributed by atoms with Gasteiger partial charge in [0.1, 0.15) is 0 Å². The molecule has 0 bridgehead atoms. The Morgan fingerprint density at radius 3 is 3.17 bits per heavy atom. The molecule has 1 aromatic rings. The first-order valence-electron chi connectivity index (χ1n) is 4.30. The largest absolute Gasteiger partial charge is 0.398 e. The van der Waals surface area contributed by atoms with Crippen molar-refractivity contribution in [1.29, 1.82) is 0 Å². The zero-order valence-electron chi connectivity index (χ0n) is 6.96. The molecule has 0 spiro atoms. The van der Waals surface area contributed by atoms with Crippen LogP contribution in [0.5, 0.6) is 0 Å². The van der Waals surface area contributed by atoms with Crippen LogP contribution in [0.4, 0.5) is 5.69 Å². The highest BCUT2D eigenvalue weighted by molar-refractivity contribution is 5.46. The van der Waals surface area contributed by atoms with Gasteiger partial charge in [-0.1, -0.05) is 0 Å². The Kier molecular flexibility index (Phi) is 1.96. The van der Waals surface area contributed by atoms with Gasteiger partial charge in [-0.25, -0.2) is 0 Å². The van der Waals surface area contributed by atoms with Gasteiger partial charge in [-0.3, -0.25) is 4.98 Å². The molecule has 0 saturated carbocycles. The van der Waals surface area contributed by atoms with Crippen LogP contribution in [-0.2, 0) is 0 Å². The summed E-state index contributed by atoms with van der Waals surface area (Å²) in [5.74, 6) is 0. The average Bonchev–Trinajstić information content (AvgIpc) is 2.57. The Labute approximate surface area is 72.0 Å². The van der Waals surface area contributed by atoms with Crippen molar-refractivity contribution in [1.82, 2.24) is 10.3 Å². The van der Waals surface area contributed by atoms with E-state index in [1.165, 1.54) is 12.8 Å². The predicted molar refractivity (Wildman–Crippen MR) is 48.6 cm³/mol. The van der Waals surface area contributed by atoms with Gasteiger partial charge in [-0.2, -0.15) is 0 Å². The summed E-state index contributed by atoms with van der Waals surface area (Å²) in [6.45, 7) is 1.10. The van der Waals surface area contributed by atoms with E-state index >= 15 is 0 Å². The first kappa shape index (κ1) is 7.55. The summed E-state index contributed by atoms with van der Waals surface area (Å²) in [7, 11) is 0. The Morgan fingerprint density at radius 1 is 1.58 bits per heavy atom. The summed E-state index contributed by atoms with van der Waals surface area (Å²) >= 11 is 0. The third-order valence-corrected chi connectivity index (χ3v) is 2.32. The lowest BCUT2D eigenvalue weighted by molar-refractivity contribution is 0.647. The van der Waals surface area contributed by atoms with Crippen LogP contribution < -0.4 is 11.1 Å². The van der Waals surface area contributed by atoms with Crippen molar-refractivity contribution in [3.8, 4) is 0 Å². The van der Waals surface area contributed by atoms with Gasteiger partial charge in [0, 0.05) is 29.7 Å². The molecule has 3 heteroatoms. The van der Waals surface area contributed by atoms with E-state index in [9.17, 15) is 0 Å². The van der Waals surface area contributed by atoms with Crippen molar-refractivity contribution in [2.24, 2.45) is 0 Å². The molecule has 1 aromatic heterocycles. The number of nitrogens with zero attached hydrogens (tertiary/aromatic N) is 1. The molecule has 3 N–H and O–H groups in total. The van der Waals surface area contributed by atoms with Gasteiger partial charge in [-0.15, -0.1) is 0 Å². The minimum atomic E-state index is 0.429. The molecule has 2 heterocycles. The summed E-state index contributed by atoms with van der Waals surface area (Å²) in [4.78, 5) is 4.07. The van der Waals surface area contributed by atoms with Gasteiger partial charge in [0.25, 0.3) is 0 Å². The van der Waals surface area contributed by atoms with Crippen LogP contribution in [0.2, 0.25) is 0 Å². The van der Waals surface area contributed by atoms with Crippen LogP contribution in [0.3, 0.4) is 0 Å². The van der Waals surface area contributed by atoms with Crippen LogP contribution in [-0.4, -0.2) is 11.5 Å². The monoisotopic (exact) mass is 163 g/mol. The van der Waals surface area contributed by atoms with Gasteiger partial charge >= 0.3 is 0 Å². The fraction of sp³-hybridized carbons (Fsp3) is 0.444. The fourth-order valence-electron chi connectivity index (χ4n) is 1.66. The lowest BCUT2D eigenvalue weighted by Crippen LogP contribution is -2.14. The Bertz CT molecular complexity index is 266. The zero-order chi connectivity index (χ0) is 8.39. The molecule has 1 atom stereocenters. The number of hydrogen-bond acceptors (Lipinski definition) is 3. The fourth-order valence-corrected chi connectivity index (χ4v) is 1.66. The van der Waals surface area contributed by atoms with E-state index in [0.717, 1.165) is 17.8 Å². The van der Waals surface area contributed by atoms with E-state index in [1.807, 2.05) is 12.3 Å². The van der Waals surface area contributed by atoms with E-state index in [2.05, 4.69) is 10.3 Å². The topological polar surface area (TPSA) is 50.9 Å². The second kappa shape index (κ2) is 3.11. The molecule has 1 fully saturated rings. The van der Waals surface area contributed by atoms with E-state index < -0.39 is 0 Å². The number of anilines is 1. The zero-order valence-corrected chi connectivity index (χ0v) is 6.96. The van der Waals surface area contributed by atoms with Gasteiger partial charge in [-0.05, 0) is 25.5 Å². The van der Waals surface area contributed by atoms with Crippen LogP contribution in [0.25, 0.3) is 0 Å². The van der Waals surface area contributed by atoms with Crippen molar-refractivity contribution >= 4 is 5.69 Å². The minimum Gasteiger partial charge on any atom is -0.398 e. The van der Waals surface area contributed by atoms with E-state index in [-0.39, 0.29) is 0 Å². The number of hydrogen-bond donors (Lipinski definition) is 2. The molecular formula is C9H13N3. The summed E-state index contributed by atoms with van der Waals surface area (Å²) in [6.07, 6.45) is 6.00. The summed E-state index contributed by atoms with van der Waals surface area (Å²) < 4.78 is 0. The first-order valence-corrected chi connectivity index (χ1v) is 4.30. The van der Waals surface area contributed by atoms with Gasteiger partial charge in [0.05, 0.1) is 0 Å². The standard InChI is InChI=1S/C9H13N3/c10-8-3-5-11-6-7(8)9-2-1-4-12-9/h3,5-6,9,12H,1-2,4H2,(H2,10,11)/t9-/m1/s1. The van der Waals surface area contributed by atoms with E-state index in [4.69, 9.17) is 5.73 Å². The predicted octanol–water partition coefficient (Wildman–Crippen LogP) is 1.09. The Morgan fingerprint density at radius 2 is 2.50 bits per heavy atom. The third kappa shape index (κ3) is 1.28. The Hall–Kier alpha value is -1.09. The molecule has 0 amide bonds. The van der Waals surface area contributed by atoms with Crippen LogP contribution in [0.1, 0.15) is 24.4 Å². The van der Waals surface area contributed by atoms with Crippen LogP contribution in [0.15, 0.2) is 18.5 Å². The molecule has 1 aliphatic heterocycles. The average molecular weight is 163 g/mol. The van der Waals surface area contributed by atoms with Crippen LogP contribution in [0, 0.1) is 0 Å². The van der Waals surface area contributed by atoms with Gasteiger partial charge in [0.15, 0.2) is 0 Å². The molecule has 64 valence electrons. The summed E-state index contributed by atoms with van der Waals surface area (Å²) in [5, 5.41) is 3.39. The summed E-state index contributed by atoms with van der Waals surface area (Å²) in [5.41, 5.74) is 7.82. The molecule has 2 rings (SSSR count). The molecule has 0 aromatic carbocycles. The Balaban J connectivity index is 2.26. The number of nitrogen functional groups attached to an aromatic ring is 1. The second-order valence-corrected chi connectivity index (χ2v) is 3.15. The minimum absolute atomic E-state index is 0.429. The molecule has 12 heavy (non-hydrogen) atoms. The van der Waals surface area contributed by atoms with Gasteiger partial charge in [0.2, 0.25) is 0 Å².